The largest absolute Gasteiger partial charge is 0.493 e. The number of anilines is 1. The fraction of sp³-hybridized carbons (Fsp3) is 0.188. The summed E-state index contributed by atoms with van der Waals surface area (Å²) in [6.45, 7) is 0.704. The average molecular weight is 330 g/mol. The van der Waals surface area contributed by atoms with Crippen LogP contribution in [0.25, 0.3) is 6.08 Å². The molecule has 0 unspecified atom stereocenters. The monoisotopic (exact) mass is 330 g/mol. The number of methoxy groups -OCH3 is 1. The Morgan fingerprint density at radius 3 is 3.13 bits per heavy atom. The molecule has 0 radical (unpaired) electrons. The van der Waals surface area contributed by atoms with E-state index in [1.807, 2.05) is 18.2 Å². The highest BCUT2D eigenvalue weighted by atomic mass is 32.1. The van der Waals surface area contributed by atoms with Crippen LogP contribution in [0.2, 0.25) is 0 Å². The van der Waals surface area contributed by atoms with Gasteiger partial charge in [-0.2, -0.15) is 0 Å². The van der Waals surface area contributed by atoms with Crippen LogP contribution < -0.4 is 10.1 Å². The number of thiazole rings is 1. The molecule has 1 aromatic heterocycles. The molecule has 118 valence electrons. The highest BCUT2D eigenvalue weighted by Crippen LogP contribution is 2.26. The van der Waals surface area contributed by atoms with E-state index in [0.717, 1.165) is 34.6 Å². The molecule has 0 atom stereocenters. The molecule has 0 bridgehead atoms. The lowest BCUT2D eigenvalue weighted by molar-refractivity contribution is -0.111. The van der Waals surface area contributed by atoms with Crippen molar-refractivity contribution in [2.45, 2.75) is 6.42 Å². The van der Waals surface area contributed by atoms with Crippen molar-refractivity contribution in [1.29, 1.82) is 0 Å². The third-order valence-corrected chi connectivity index (χ3v) is 4.16. The first-order valence-corrected chi connectivity index (χ1v) is 7.76. The van der Waals surface area contributed by atoms with E-state index < -0.39 is 5.97 Å². The summed E-state index contributed by atoms with van der Waals surface area (Å²) >= 11 is 1.06. The highest BCUT2D eigenvalue weighted by molar-refractivity contribution is 7.17. The molecule has 1 N–H and O–H groups in total. The van der Waals surface area contributed by atoms with Gasteiger partial charge in [-0.3, -0.25) is 10.1 Å². The Labute approximate surface area is 136 Å². The first-order valence-electron chi connectivity index (χ1n) is 6.94. The molecule has 0 aliphatic carbocycles. The Bertz CT molecular complexity index is 782. The molecule has 2 heterocycles. The van der Waals surface area contributed by atoms with E-state index in [4.69, 9.17) is 4.74 Å². The van der Waals surface area contributed by atoms with Crippen molar-refractivity contribution < 1.29 is 19.1 Å². The molecule has 2 aromatic rings. The number of hydrogen-bond donors (Lipinski definition) is 1. The van der Waals surface area contributed by atoms with Gasteiger partial charge in [0.1, 0.15) is 10.6 Å². The normalized spacial score (nSPS) is 12.7. The van der Waals surface area contributed by atoms with Crippen LogP contribution in [-0.2, 0) is 16.0 Å². The van der Waals surface area contributed by atoms with Gasteiger partial charge in [0, 0.05) is 12.5 Å². The van der Waals surface area contributed by atoms with Crippen molar-refractivity contribution in [1.82, 2.24) is 4.98 Å². The van der Waals surface area contributed by atoms with Crippen LogP contribution in [0.1, 0.15) is 20.8 Å². The molecule has 1 aliphatic heterocycles. The van der Waals surface area contributed by atoms with Gasteiger partial charge in [-0.1, -0.05) is 17.4 Å². The van der Waals surface area contributed by atoms with E-state index in [-0.39, 0.29) is 5.91 Å². The number of esters is 1. The van der Waals surface area contributed by atoms with Crippen LogP contribution in [0.5, 0.6) is 5.75 Å². The molecule has 7 heteroatoms. The smallest absolute Gasteiger partial charge is 0.349 e. The summed E-state index contributed by atoms with van der Waals surface area (Å²) in [5, 5.41) is 2.96. The molecular weight excluding hydrogens is 316 g/mol. The highest BCUT2D eigenvalue weighted by Gasteiger charge is 2.12. The molecule has 1 aliphatic rings. The van der Waals surface area contributed by atoms with Crippen molar-refractivity contribution in [2.24, 2.45) is 0 Å². The molecular formula is C16H14N2O4S. The molecule has 0 saturated carbocycles. The van der Waals surface area contributed by atoms with Crippen LogP contribution in [0.15, 0.2) is 30.5 Å². The molecule has 0 fully saturated rings. The minimum absolute atomic E-state index is 0.312. The third kappa shape index (κ3) is 3.57. The quantitative estimate of drug-likeness (QED) is 0.688. The second-order valence-electron chi connectivity index (χ2n) is 4.81. The summed E-state index contributed by atoms with van der Waals surface area (Å²) < 4.78 is 10.0. The lowest BCUT2D eigenvalue weighted by Crippen LogP contribution is -2.07. The number of ether oxygens (including phenoxy) is 2. The van der Waals surface area contributed by atoms with Gasteiger partial charge < -0.3 is 9.47 Å². The summed E-state index contributed by atoms with van der Waals surface area (Å²) in [7, 11) is 1.30. The number of hydrogen-bond acceptors (Lipinski definition) is 6. The Balaban J connectivity index is 1.62. The number of fused-ring (bicyclic) bond motifs is 1. The molecule has 0 spiro atoms. The Morgan fingerprint density at radius 1 is 1.43 bits per heavy atom. The third-order valence-electron chi connectivity index (χ3n) is 3.26. The number of amides is 1. The van der Waals surface area contributed by atoms with E-state index in [9.17, 15) is 9.59 Å². The van der Waals surface area contributed by atoms with Gasteiger partial charge >= 0.3 is 5.97 Å². The summed E-state index contributed by atoms with van der Waals surface area (Å²) in [5.41, 5.74) is 2.08. The zero-order valence-corrected chi connectivity index (χ0v) is 13.2. The summed E-state index contributed by atoms with van der Waals surface area (Å²) in [6.07, 6.45) is 5.41. The van der Waals surface area contributed by atoms with Crippen LogP contribution in [0.3, 0.4) is 0 Å². The first-order chi connectivity index (χ1) is 11.2. The van der Waals surface area contributed by atoms with Crippen molar-refractivity contribution in [2.75, 3.05) is 19.0 Å². The summed E-state index contributed by atoms with van der Waals surface area (Å²) in [5.74, 6) is 0.121. The average Bonchev–Trinajstić information content (AvgIpc) is 3.20. The van der Waals surface area contributed by atoms with Crippen LogP contribution in [0.4, 0.5) is 5.13 Å². The van der Waals surface area contributed by atoms with Gasteiger partial charge in [-0.05, 0) is 29.3 Å². The second-order valence-corrected chi connectivity index (χ2v) is 5.84. The minimum atomic E-state index is -0.473. The van der Waals surface area contributed by atoms with Crippen molar-refractivity contribution >= 4 is 34.4 Å². The Morgan fingerprint density at radius 2 is 2.30 bits per heavy atom. The van der Waals surface area contributed by atoms with E-state index in [1.165, 1.54) is 19.4 Å². The van der Waals surface area contributed by atoms with Crippen molar-refractivity contribution in [3.05, 3.63) is 46.5 Å². The predicted molar refractivity (Wildman–Crippen MR) is 86.8 cm³/mol. The lowest BCUT2D eigenvalue weighted by atomic mass is 10.1. The maximum absolute atomic E-state index is 11.9. The minimum Gasteiger partial charge on any atom is -0.493 e. The molecule has 0 saturated heterocycles. The Hall–Kier alpha value is -2.67. The van der Waals surface area contributed by atoms with Gasteiger partial charge in [-0.25, -0.2) is 9.78 Å². The van der Waals surface area contributed by atoms with E-state index in [1.54, 1.807) is 6.08 Å². The van der Waals surface area contributed by atoms with Gasteiger partial charge in [0.15, 0.2) is 5.13 Å². The van der Waals surface area contributed by atoms with Crippen LogP contribution >= 0.6 is 11.3 Å². The molecule has 1 amide bonds. The lowest BCUT2D eigenvalue weighted by Gasteiger charge is -2.00. The van der Waals surface area contributed by atoms with Gasteiger partial charge in [-0.15, -0.1) is 0 Å². The van der Waals surface area contributed by atoms with E-state index in [0.29, 0.717) is 16.6 Å². The van der Waals surface area contributed by atoms with Gasteiger partial charge in [0.05, 0.1) is 19.9 Å². The fourth-order valence-corrected chi connectivity index (χ4v) is 2.89. The number of aromatic nitrogens is 1. The SMILES string of the molecule is COC(=O)c1cnc(NC(=O)/C=C/c2ccc3c(c2)CCO3)s1. The van der Waals surface area contributed by atoms with Gasteiger partial charge in [0.25, 0.3) is 0 Å². The number of benzene rings is 1. The molecule has 6 nitrogen and oxygen atoms in total. The standard InChI is InChI=1S/C16H14N2O4S/c1-21-15(20)13-9-17-16(23-13)18-14(19)5-3-10-2-4-12-11(8-10)6-7-22-12/h2-5,8-9H,6-7H2,1H3,(H,17,18,19)/b5-3+. The van der Waals surface area contributed by atoms with Crippen LogP contribution in [-0.4, -0.2) is 30.6 Å². The molecule has 1 aromatic carbocycles. The van der Waals surface area contributed by atoms with Crippen LogP contribution in [0, 0.1) is 0 Å². The molecule has 23 heavy (non-hydrogen) atoms. The Kier molecular flexibility index (Phi) is 4.38. The maximum atomic E-state index is 11.9. The topological polar surface area (TPSA) is 77.5 Å². The molecule has 3 rings (SSSR count). The second kappa shape index (κ2) is 6.62. The van der Waals surface area contributed by atoms with E-state index >= 15 is 0 Å². The van der Waals surface area contributed by atoms with Crippen molar-refractivity contribution in [3.8, 4) is 5.75 Å². The first kappa shape index (κ1) is 15.2. The number of carbonyl (C=O) groups is 2. The van der Waals surface area contributed by atoms with Crippen molar-refractivity contribution in [3.63, 3.8) is 0 Å². The maximum Gasteiger partial charge on any atom is 0.349 e. The summed E-state index contributed by atoms with van der Waals surface area (Å²) in [6, 6.07) is 5.81. The predicted octanol–water partition coefficient (Wildman–Crippen LogP) is 2.52. The number of nitrogens with one attached hydrogen (secondary N) is 1. The van der Waals surface area contributed by atoms with Gasteiger partial charge in [0.2, 0.25) is 5.91 Å². The summed E-state index contributed by atoms with van der Waals surface area (Å²) in [4.78, 5) is 27.5. The zero-order chi connectivity index (χ0) is 16.2. The fourth-order valence-electron chi connectivity index (χ4n) is 2.16. The number of nitrogens with zero attached hydrogens (tertiary/aromatic N) is 1. The number of rotatable bonds is 4. The zero-order valence-electron chi connectivity index (χ0n) is 12.4. The van der Waals surface area contributed by atoms with E-state index in [2.05, 4.69) is 15.0 Å². The number of carbonyl (C=O) groups excluding carboxylic acids is 2.